The van der Waals surface area contributed by atoms with Crippen molar-refractivity contribution in [1.29, 1.82) is 0 Å². The minimum absolute atomic E-state index is 0.101. The molecule has 19 heavy (non-hydrogen) atoms. The zero-order valence-electron chi connectivity index (χ0n) is 11.5. The third kappa shape index (κ3) is 5.94. The first-order valence-corrected chi connectivity index (χ1v) is 8.23. The summed E-state index contributed by atoms with van der Waals surface area (Å²) in [5.41, 5.74) is 0.932. The molecule has 0 saturated heterocycles. The topological polar surface area (TPSA) is 75.6 Å². The SMILES string of the molecule is CCOc1cc(CNC(C)CS(C)(=O)=O)ccc1O. The van der Waals surface area contributed by atoms with Crippen LogP contribution < -0.4 is 10.1 Å². The van der Waals surface area contributed by atoms with E-state index < -0.39 is 9.84 Å². The third-order valence-corrected chi connectivity index (χ3v) is 3.64. The molecular weight excluding hydrogens is 266 g/mol. The van der Waals surface area contributed by atoms with E-state index in [0.29, 0.717) is 18.9 Å². The predicted molar refractivity (Wildman–Crippen MR) is 75.3 cm³/mol. The van der Waals surface area contributed by atoms with Gasteiger partial charge in [0.05, 0.1) is 12.4 Å². The molecular formula is C13H21NO4S. The van der Waals surface area contributed by atoms with Crippen LogP contribution in [0.2, 0.25) is 0 Å². The van der Waals surface area contributed by atoms with Crippen molar-refractivity contribution in [3.05, 3.63) is 23.8 Å². The molecule has 0 aliphatic rings. The molecule has 1 aromatic rings. The smallest absolute Gasteiger partial charge is 0.161 e. The molecule has 1 atom stereocenters. The summed E-state index contributed by atoms with van der Waals surface area (Å²) in [5.74, 6) is 0.649. The summed E-state index contributed by atoms with van der Waals surface area (Å²) >= 11 is 0. The van der Waals surface area contributed by atoms with Gasteiger partial charge in [0.1, 0.15) is 9.84 Å². The fraction of sp³-hybridized carbons (Fsp3) is 0.538. The van der Waals surface area contributed by atoms with Crippen LogP contribution >= 0.6 is 0 Å². The van der Waals surface area contributed by atoms with E-state index >= 15 is 0 Å². The Labute approximate surface area is 114 Å². The Balaban J connectivity index is 2.60. The molecule has 1 aromatic carbocycles. The molecule has 0 heterocycles. The Hall–Kier alpha value is -1.27. The Morgan fingerprint density at radius 3 is 2.68 bits per heavy atom. The molecule has 1 unspecified atom stereocenters. The first kappa shape index (κ1) is 15.8. The lowest BCUT2D eigenvalue weighted by atomic mass is 10.2. The highest BCUT2D eigenvalue weighted by Gasteiger charge is 2.10. The summed E-state index contributed by atoms with van der Waals surface area (Å²) < 4.78 is 27.6. The van der Waals surface area contributed by atoms with Crippen LogP contribution in [0.5, 0.6) is 11.5 Å². The minimum atomic E-state index is -2.98. The number of aromatic hydroxyl groups is 1. The summed E-state index contributed by atoms with van der Waals surface area (Å²) in [7, 11) is -2.98. The fourth-order valence-corrected chi connectivity index (χ4v) is 2.77. The molecule has 2 N–H and O–H groups in total. The van der Waals surface area contributed by atoms with Crippen molar-refractivity contribution in [3.8, 4) is 11.5 Å². The molecule has 1 rings (SSSR count). The monoisotopic (exact) mass is 287 g/mol. The first-order valence-electron chi connectivity index (χ1n) is 6.17. The molecule has 0 saturated carbocycles. The Morgan fingerprint density at radius 1 is 1.42 bits per heavy atom. The second kappa shape index (κ2) is 6.77. The first-order chi connectivity index (χ1) is 8.81. The number of phenols is 1. The van der Waals surface area contributed by atoms with Gasteiger partial charge in [0.25, 0.3) is 0 Å². The average Bonchev–Trinajstić information content (AvgIpc) is 2.28. The van der Waals surface area contributed by atoms with Gasteiger partial charge in [-0.15, -0.1) is 0 Å². The summed E-state index contributed by atoms with van der Waals surface area (Å²) in [6.07, 6.45) is 1.22. The molecule has 6 heteroatoms. The van der Waals surface area contributed by atoms with E-state index in [1.165, 1.54) is 6.26 Å². The molecule has 0 radical (unpaired) electrons. The second-order valence-electron chi connectivity index (χ2n) is 4.61. The number of nitrogens with one attached hydrogen (secondary N) is 1. The van der Waals surface area contributed by atoms with Gasteiger partial charge in [0.15, 0.2) is 11.5 Å². The number of hydrogen-bond acceptors (Lipinski definition) is 5. The molecule has 108 valence electrons. The molecule has 0 bridgehead atoms. The van der Waals surface area contributed by atoms with Crippen LogP contribution in [0.3, 0.4) is 0 Å². The average molecular weight is 287 g/mol. The number of sulfone groups is 1. The van der Waals surface area contributed by atoms with Crippen LogP contribution in [0.4, 0.5) is 0 Å². The Bertz CT molecular complexity index is 513. The van der Waals surface area contributed by atoms with Crippen LogP contribution in [-0.4, -0.2) is 38.2 Å². The van der Waals surface area contributed by atoms with Gasteiger partial charge in [-0.1, -0.05) is 6.07 Å². The highest BCUT2D eigenvalue weighted by molar-refractivity contribution is 7.90. The van der Waals surface area contributed by atoms with Gasteiger partial charge in [0, 0.05) is 18.8 Å². The van der Waals surface area contributed by atoms with E-state index in [0.717, 1.165) is 5.56 Å². The lowest BCUT2D eigenvalue weighted by Gasteiger charge is -2.13. The molecule has 0 spiro atoms. The van der Waals surface area contributed by atoms with Crippen molar-refractivity contribution in [2.24, 2.45) is 0 Å². The molecule has 0 fully saturated rings. The highest BCUT2D eigenvalue weighted by Crippen LogP contribution is 2.26. The van der Waals surface area contributed by atoms with Gasteiger partial charge < -0.3 is 15.2 Å². The zero-order valence-corrected chi connectivity index (χ0v) is 12.3. The summed E-state index contributed by atoms with van der Waals surface area (Å²) in [5, 5.41) is 12.7. The van der Waals surface area contributed by atoms with E-state index in [1.54, 1.807) is 18.2 Å². The summed E-state index contributed by atoms with van der Waals surface area (Å²) in [6, 6.07) is 4.97. The lowest BCUT2D eigenvalue weighted by molar-refractivity contribution is 0.317. The van der Waals surface area contributed by atoms with Crippen LogP contribution in [-0.2, 0) is 16.4 Å². The van der Waals surface area contributed by atoms with Crippen molar-refractivity contribution in [2.45, 2.75) is 26.4 Å². The minimum Gasteiger partial charge on any atom is -0.504 e. The predicted octanol–water partition coefficient (Wildman–Crippen LogP) is 1.31. The standard InChI is InChI=1S/C13H21NO4S/c1-4-18-13-7-11(5-6-12(13)15)8-14-10(2)9-19(3,16)17/h5-7,10,14-15H,4,8-9H2,1-3H3. The van der Waals surface area contributed by atoms with E-state index in [9.17, 15) is 13.5 Å². The largest absolute Gasteiger partial charge is 0.504 e. The van der Waals surface area contributed by atoms with Crippen LogP contribution in [0.1, 0.15) is 19.4 Å². The van der Waals surface area contributed by atoms with Gasteiger partial charge in [-0.25, -0.2) is 8.42 Å². The van der Waals surface area contributed by atoms with Gasteiger partial charge in [0.2, 0.25) is 0 Å². The van der Waals surface area contributed by atoms with Crippen LogP contribution in [0.25, 0.3) is 0 Å². The number of benzene rings is 1. The van der Waals surface area contributed by atoms with E-state index in [-0.39, 0.29) is 17.5 Å². The fourth-order valence-electron chi connectivity index (χ4n) is 1.74. The Kier molecular flexibility index (Phi) is 5.62. The number of rotatable bonds is 7. The molecule has 0 aliphatic heterocycles. The van der Waals surface area contributed by atoms with Gasteiger partial charge >= 0.3 is 0 Å². The van der Waals surface area contributed by atoms with Gasteiger partial charge in [-0.3, -0.25) is 0 Å². The van der Waals surface area contributed by atoms with Crippen molar-refractivity contribution in [2.75, 3.05) is 18.6 Å². The molecule has 5 nitrogen and oxygen atoms in total. The van der Waals surface area contributed by atoms with Gasteiger partial charge in [-0.05, 0) is 31.5 Å². The lowest BCUT2D eigenvalue weighted by Crippen LogP contribution is -2.32. The summed E-state index contributed by atoms with van der Waals surface area (Å²) in [4.78, 5) is 0. The maximum Gasteiger partial charge on any atom is 0.161 e. The van der Waals surface area contributed by atoms with E-state index in [1.807, 2.05) is 13.8 Å². The van der Waals surface area contributed by atoms with Crippen molar-refractivity contribution >= 4 is 9.84 Å². The van der Waals surface area contributed by atoms with Crippen molar-refractivity contribution < 1.29 is 18.3 Å². The van der Waals surface area contributed by atoms with Crippen LogP contribution in [0.15, 0.2) is 18.2 Å². The van der Waals surface area contributed by atoms with Crippen LogP contribution in [0, 0.1) is 0 Å². The van der Waals surface area contributed by atoms with Crippen molar-refractivity contribution in [3.63, 3.8) is 0 Å². The molecule has 0 aromatic heterocycles. The summed E-state index contributed by atoms with van der Waals surface area (Å²) in [6.45, 7) is 4.68. The quantitative estimate of drug-likeness (QED) is 0.791. The van der Waals surface area contributed by atoms with E-state index in [2.05, 4.69) is 5.32 Å². The van der Waals surface area contributed by atoms with E-state index in [4.69, 9.17) is 4.74 Å². The number of ether oxygens (including phenoxy) is 1. The molecule has 0 amide bonds. The number of phenolic OH excluding ortho intramolecular Hbond substituents is 1. The number of hydrogen-bond donors (Lipinski definition) is 2. The normalized spacial score (nSPS) is 13.2. The molecule has 0 aliphatic carbocycles. The zero-order chi connectivity index (χ0) is 14.5. The van der Waals surface area contributed by atoms with Gasteiger partial charge in [-0.2, -0.15) is 0 Å². The second-order valence-corrected chi connectivity index (χ2v) is 6.79. The maximum atomic E-state index is 11.1. The van der Waals surface area contributed by atoms with Crippen molar-refractivity contribution in [1.82, 2.24) is 5.32 Å². The Morgan fingerprint density at radius 2 is 2.11 bits per heavy atom. The third-order valence-electron chi connectivity index (χ3n) is 2.53. The maximum absolute atomic E-state index is 11.1. The highest BCUT2D eigenvalue weighted by atomic mass is 32.2.